The van der Waals surface area contributed by atoms with Gasteiger partial charge in [0.15, 0.2) is 0 Å². The first-order valence-corrected chi connectivity index (χ1v) is 7.75. The van der Waals surface area contributed by atoms with Gasteiger partial charge in [-0.3, -0.25) is 4.40 Å². The number of fused-ring (bicyclic) bond motifs is 1. The number of aromatic nitrogens is 2. The highest BCUT2D eigenvalue weighted by Crippen LogP contribution is 2.26. The number of nitrogens with zero attached hydrogens (tertiary/aromatic N) is 2. The topological polar surface area (TPSA) is 97.7 Å². The van der Waals surface area contributed by atoms with Gasteiger partial charge in [0.25, 0.3) is 0 Å². The zero-order valence-electron chi connectivity index (χ0n) is 11.0. The molecular weight excluding hydrogens is 290 g/mol. The summed E-state index contributed by atoms with van der Waals surface area (Å²) in [5.41, 5.74) is 2.73. The Bertz CT molecular complexity index is 899. The number of aliphatic hydroxyl groups is 1. The smallest absolute Gasteiger partial charge is 0.238 e. The summed E-state index contributed by atoms with van der Waals surface area (Å²) in [6.45, 7) is -0.200. The van der Waals surface area contributed by atoms with Crippen molar-refractivity contribution in [2.45, 2.75) is 11.5 Å². The average molecular weight is 303 g/mol. The Balaban J connectivity index is 2.20. The van der Waals surface area contributed by atoms with E-state index in [1.165, 1.54) is 12.1 Å². The van der Waals surface area contributed by atoms with E-state index in [1.54, 1.807) is 12.1 Å². The largest absolute Gasteiger partial charge is 0.390 e. The van der Waals surface area contributed by atoms with E-state index < -0.39 is 10.0 Å². The average Bonchev–Trinajstić information content (AvgIpc) is 2.85. The lowest BCUT2D eigenvalue weighted by Gasteiger charge is -2.05. The monoisotopic (exact) mass is 303 g/mol. The van der Waals surface area contributed by atoms with Crippen LogP contribution in [0.2, 0.25) is 0 Å². The number of nitrogens with two attached hydrogens (primary N) is 1. The van der Waals surface area contributed by atoms with Crippen LogP contribution in [0.5, 0.6) is 0 Å². The zero-order chi connectivity index (χ0) is 15.0. The minimum Gasteiger partial charge on any atom is -0.390 e. The molecule has 3 N–H and O–H groups in total. The quantitative estimate of drug-likeness (QED) is 0.758. The summed E-state index contributed by atoms with van der Waals surface area (Å²) < 4.78 is 24.4. The molecule has 0 aliphatic heterocycles. The number of hydrogen-bond acceptors (Lipinski definition) is 4. The molecule has 0 saturated carbocycles. The highest BCUT2D eigenvalue weighted by molar-refractivity contribution is 7.89. The van der Waals surface area contributed by atoms with Crippen molar-refractivity contribution < 1.29 is 13.5 Å². The van der Waals surface area contributed by atoms with Crippen molar-refractivity contribution in [2.24, 2.45) is 5.14 Å². The van der Waals surface area contributed by atoms with E-state index in [1.807, 2.05) is 28.8 Å². The highest BCUT2D eigenvalue weighted by atomic mass is 32.2. The third-order valence-electron chi connectivity index (χ3n) is 3.21. The maximum atomic E-state index is 11.3. The minimum atomic E-state index is -3.72. The molecule has 1 aromatic carbocycles. The molecule has 0 aliphatic rings. The molecule has 3 rings (SSSR count). The molecule has 0 spiro atoms. The second-order valence-electron chi connectivity index (χ2n) is 4.56. The lowest BCUT2D eigenvalue weighted by molar-refractivity contribution is 0.278. The second-order valence-corrected chi connectivity index (χ2v) is 6.12. The molecule has 108 valence electrons. The SMILES string of the molecule is NS(=O)(=O)c1ccc(-c2c(CO)nc3ccccn23)cc1. The fraction of sp³-hybridized carbons (Fsp3) is 0.0714. The molecular formula is C14H13N3O3S. The zero-order valence-corrected chi connectivity index (χ0v) is 11.8. The number of pyridine rings is 1. The van der Waals surface area contributed by atoms with Crippen LogP contribution in [0.3, 0.4) is 0 Å². The van der Waals surface area contributed by atoms with Crippen LogP contribution in [0.15, 0.2) is 53.6 Å². The summed E-state index contributed by atoms with van der Waals surface area (Å²) in [6, 6.07) is 11.7. The van der Waals surface area contributed by atoms with Crippen molar-refractivity contribution in [3.05, 3.63) is 54.4 Å². The van der Waals surface area contributed by atoms with Gasteiger partial charge in [0.05, 0.1) is 22.9 Å². The fourth-order valence-electron chi connectivity index (χ4n) is 2.26. The molecule has 0 saturated heterocycles. The molecule has 2 aromatic heterocycles. The second kappa shape index (κ2) is 4.96. The first kappa shape index (κ1) is 13.7. The number of rotatable bonds is 3. The molecule has 0 radical (unpaired) electrons. The molecule has 3 aromatic rings. The van der Waals surface area contributed by atoms with Crippen molar-refractivity contribution in [1.82, 2.24) is 9.38 Å². The Morgan fingerprint density at radius 1 is 1.14 bits per heavy atom. The number of hydrogen-bond donors (Lipinski definition) is 2. The number of aliphatic hydroxyl groups excluding tert-OH is 1. The Labute approximate surface area is 121 Å². The van der Waals surface area contributed by atoms with Gasteiger partial charge in [0.2, 0.25) is 10.0 Å². The number of imidazole rings is 1. The first-order chi connectivity index (χ1) is 10.0. The van der Waals surface area contributed by atoms with Crippen LogP contribution in [-0.2, 0) is 16.6 Å². The summed E-state index contributed by atoms with van der Waals surface area (Å²) in [6.07, 6.45) is 1.84. The molecule has 0 aliphatic carbocycles. The summed E-state index contributed by atoms with van der Waals surface area (Å²) >= 11 is 0. The Kier molecular flexibility index (Phi) is 3.25. The summed E-state index contributed by atoms with van der Waals surface area (Å²) in [5, 5.41) is 14.6. The molecule has 7 heteroatoms. The van der Waals surface area contributed by atoms with Gasteiger partial charge in [-0.2, -0.15) is 0 Å². The standard InChI is InChI=1S/C14H13N3O3S/c15-21(19,20)11-6-4-10(5-7-11)14-12(9-18)16-13-3-1-2-8-17(13)14/h1-8,18H,9H2,(H2,15,19,20). The maximum Gasteiger partial charge on any atom is 0.238 e. The van der Waals surface area contributed by atoms with Crippen molar-refractivity contribution >= 4 is 15.7 Å². The normalized spacial score (nSPS) is 11.9. The number of sulfonamides is 1. The van der Waals surface area contributed by atoms with E-state index in [0.717, 1.165) is 11.3 Å². The lowest BCUT2D eigenvalue weighted by Crippen LogP contribution is -2.11. The van der Waals surface area contributed by atoms with Crippen LogP contribution in [0.1, 0.15) is 5.69 Å². The van der Waals surface area contributed by atoms with E-state index in [4.69, 9.17) is 5.14 Å². The van der Waals surface area contributed by atoms with Crippen LogP contribution in [0.25, 0.3) is 16.9 Å². The third-order valence-corrected chi connectivity index (χ3v) is 4.14. The molecule has 0 amide bonds. The van der Waals surface area contributed by atoms with Crippen LogP contribution in [0, 0.1) is 0 Å². The van der Waals surface area contributed by atoms with Crippen molar-refractivity contribution in [3.8, 4) is 11.3 Å². The highest BCUT2D eigenvalue weighted by Gasteiger charge is 2.14. The van der Waals surface area contributed by atoms with Gasteiger partial charge in [-0.25, -0.2) is 18.5 Å². The number of benzene rings is 1. The third kappa shape index (κ3) is 2.42. The molecule has 2 heterocycles. The summed E-state index contributed by atoms with van der Waals surface area (Å²) in [5.74, 6) is 0. The van der Waals surface area contributed by atoms with Crippen molar-refractivity contribution in [3.63, 3.8) is 0 Å². The fourth-order valence-corrected chi connectivity index (χ4v) is 2.78. The van der Waals surface area contributed by atoms with E-state index in [-0.39, 0.29) is 11.5 Å². The molecule has 6 nitrogen and oxygen atoms in total. The molecule has 0 bridgehead atoms. The number of primary sulfonamides is 1. The lowest BCUT2D eigenvalue weighted by atomic mass is 10.1. The summed E-state index contributed by atoms with van der Waals surface area (Å²) in [7, 11) is -3.72. The molecule has 0 fully saturated rings. The minimum absolute atomic E-state index is 0.0469. The Morgan fingerprint density at radius 3 is 2.48 bits per heavy atom. The van der Waals surface area contributed by atoms with Gasteiger partial charge in [0.1, 0.15) is 5.65 Å². The molecule has 0 unspecified atom stereocenters. The van der Waals surface area contributed by atoms with E-state index in [2.05, 4.69) is 4.98 Å². The molecule has 21 heavy (non-hydrogen) atoms. The Morgan fingerprint density at radius 2 is 1.86 bits per heavy atom. The van der Waals surface area contributed by atoms with Gasteiger partial charge in [0, 0.05) is 11.8 Å². The van der Waals surface area contributed by atoms with Crippen molar-refractivity contribution in [1.29, 1.82) is 0 Å². The van der Waals surface area contributed by atoms with Crippen molar-refractivity contribution in [2.75, 3.05) is 0 Å². The van der Waals surface area contributed by atoms with Gasteiger partial charge >= 0.3 is 0 Å². The predicted molar refractivity (Wildman–Crippen MR) is 77.9 cm³/mol. The van der Waals surface area contributed by atoms with Gasteiger partial charge in [-0.15, -0.1) is 0 Å². The van der Waals surface area contributed by atoms with E-state index in [0.29, 0.717) is 11.3 Å². The Hall–Kier alpha value is -2.22. The van der Waals surface area contributed by atoms with E-state index >= 15 is 0 Å². The molecule has 0 atom stereocenters. The predicted octanol–water partition coefficient (Wildman–Crippen LogP) is 1.14. The van der Waals surface area contributed by atoms with Gasteiger partial charge in [-0.1, -0.05) is 18.2 Å². The van der Waals surface area contributed by atoms with Gasteiger partial charge < -0.3 is 5.11 Å². The summed E-state index contributed by atoms with van der Waals surface area (Å²) in [4.78, 5) is 4.40. The first-order valence-electron chi connectivity index (χ1n) is 6.21. The van der Waals surface area contributed by atoms with Crippen LogP contribution in [-0.4, -0.2) is 22.9 Å². The van der Waals surface area contributed by atoms with E-state index in [9.17, 15) is 13.5 Å². The van der Waals surface area contributed by atoms with Crippen LogP contribution in [0.4, 0.5) is 0 Å². The van der Waals surface area contributed by atoms with Crippen LogP contribution >= 0.6 is 0 Å². The van der Waals surface area contributed by atoms with Gasteiger partial charge in [-0.05, 0) is 24.3 Å². The maximum absolute atomic E-state index is 11.3. The van der Waals surface area contributed by atoms with Crippen LogP contribution < -0.4 is 5.14 Å².